The van der Waals surface area contributed by atoms with Gasteiger partial charge in [-0.3, -0.25) is 0 Å². The average molecular weight is 1120 g/mol. The normalized spacial score (nSPS) is 20.9. The maximum absolute atomic E-state index is 10.7. The van der Waals surface area contributed by atoms with Crippen LogP contribution in [0.5, 0.6) is 0 Å². The molecular weight excluding hydrogens is 1050 g/mol. The van der Waals surface area contributed by atoms with Crippen LogP contribution in [-0.2, 0) is 47.4 Å². The van der Waals surface area contributed by atoms with Crippen molar-refractivity contribution in [1.29, 1.82) is 0 Å². The topological polar surface area (TPSA) is 81.5 Å². The number of fused-ring (bicyclic) bond motifs is 14. The minimum absolute atomic E-state index is 0. The molecule has 1 aromatic heterocycles. The van der Waals surface area contributed by atoms with Gasteiger partial charge in [-0.05, 0) is 120 Å². The molecule has 6 heterocycles. The summed E-state index contributed by atoms with van der Waals surface area (Å²) < 4.78 is 1.40. The van der Waals surface area contributed by atoms with Crippen molar-refractivity contribution in [3.05, 3.63) is 259 Å². The number of carbonyl (C=O) groups excluding carboxylic acids is 1. The van der Waals surface area contributed by atoms with Crippen LogP contribution >= 0.6 is 23.1 Å². The SMILES string of the molecule is C1=CC2C(C=C1)C(c1cccc3c1[N-]CCC3)C1Sc3ccccc3C21.O=C([O-])N1CCCc2ccccc21.[CH3-].[CH3-].[CH3-].[Li+].[Ti+4].c1ccc2c(c1)-c1c(sc3ccccc13)C2c1cccc2c1NCCC2.c1ccc2c(c1)CCCN2. The van der Waals surface area contributed by atoms with Crippen molar-refractivity contribution in [3.63, 3.8) is 0 Å². The molecule has 10 heteroatoms. The summed E-state index contributed by atoms with van der Waals surface area (Å²) in [6, 6.07) is 56.8. The number of nitrogens with one attached hydrogen (secondary N) is 2. The van der Waals surface area contributed by atoms with Crippen molar-refractivity contribution in [2.45, 2.75) is 79.3 Å². The molecule has 2 N–H and O–H groups in total. The van der Waals surface area contributed by atoms with Crippen molar-refractivity contribution in [2.24, 2.45) is 11.8 Å². The number of hydrogen-bond acceptors (Lipinski definition) is 6. The minimum Gasteiger partial charge on any atom is -0.684 e. The number of benzene rings is 7. The summed E-state index contributed by atoms with van der Waals surface area (Å²) in [5.74, 6) is 2.75. The predicted octanol–water partition coefficient (Wildman–Crippen LogP) is 14.0. The van der Waals surface area contributed by atoms with Crippen LogP contribution in [0, 0.1) is 34.1 Å². The second kappa shape index (κ2) is 26.9. The fourth-order valence-corrected chi connectivity index (χ4v) is 16.7. The van der Waals surface area contributed by atoms with E-state index in [1.165, 1.54) is 125 Å². The first-order chi connectivity index (χ1) is 37.1. The molecule has 8 aromatic rings. The van der Waals surface area contributed by atoms with Gasteiger partial charge in [-0.25, -0.2) is 0 Å². The van der Waals surface area contributed by atoms with E-state index in [-0.39, 0.29) is 62.9 Å². The van der Waals surface area contributed by atoms with Gasteiger partial charge in [0.05, 0.1) is 0 Å². The molecule has 7 aromatic carbocycles. The molecule has 6 unspecified atom stereocenters. The van der Waals surface area contributed by atoms with Gasteiger partial charge < -0.3 is 53.0 Å². The predicted molar refractivity (Wildman–Crippen MR) is 331 cm³/mol. The molecular formula is C70H71LiN4O2S2Ti. The quantitative estimate of drug-likeness (QED) is 0.133. The monoisotopic (exact) mass is 1120 g/mol. The van der Waals surface area contributed by atoms with Gasteiger partial charge in [0.15, 0.2) is 0 Å². The molecule has 1 amide bonds. The number of thioether (sulfide) groups is 1. The Labute approximate surface area is 511 Å². The van der Waals surface area contributed by atoms with E-state index in [1.807, 2.05) is 35.6 Å². The summed E-state index contributed by atoms with van der Waals surface area (Å²) in [5, 5.41) is 24.8. The number of rotatable bonds is 2. The van der Waals surface area contributed by atoms with Crippen molar-refractivity contribution in [3.8, 4) is 11.1 Å². The van der Waals surface area contributed by atoms with Gasteiger partial charge in [0.1, 0.15) is 6.09 Å². The third kappa shape index (κ3) is 11.4. The number of amides is 1. The summed E-state index contributed by atoms with van der Waals surface area (Å²) in [4.78, 5) is 15.0. The Morgan fingerprint density at radius 3 is 1.99 bits per heavy atom. The van der Waals surface area contributed by atoms with E-state index in [0.717, 1.165) is 43.7 Å². The molecule has 0 saturated heterocycles. The average Bonchev–Trinajstić information content (AvgIpc) is 4.29. The van der Waals surface area contributed by atoms with E-state index < -0.39 is 6.09 Å². The zero-order valence-electron chi connectivity index (χ0n) is 46.8. The number of carboxylic acid groups (broad SMARTS) is 1. The Hall–Kier alpha value is -5.69. The Kier molecular flexibility index (Phi) is 20.3. The maximum Gasteiger partial charge on any atom is 4.00 e. The molecule has 80 heavy (non-hydrogen) atoms. The maximum atomic E-state index is 10.7. The van der Waals surface area contributed by atoms with Gasteiger partial charge in [0.2, 0.25) is 0 Å². The molecule has 3 aliphatic carbocycles. The third-order valence-corrected chi connectivity index (χ3v) is 19.5. The molecule has 8 aliphatic rings. The van der Waals surface area contributed by atoms with E-state index in [2.05, 4.69) is 180 Å². The van der Waals surface area contributed by atoms with Gasteiger partial charge in [-0.2, -0.15) is 0 Å². The molecule has 1 fully saturated rings. The van der Waals surface area contributed by atoms with Crippen LogP contribution in [0.2, 0.25) is 0 Å². The van der Waals surface area contributed by atoms with Crippen LogP contribution in [0.1, 0.15) is 92.8 Å². The van der Waals surface area contributed by atoms with Gasteiger partial charge in [-0.15, -0.1) is 35.3 Å². The first kappa shape index (κ1) is 60.4. The number of aryl methyl sites for hydroxylation is 4. The van der Waals surface area contributed by atoms with Gasteiger partial charge >= 0.3 is 40.6 Å². The molecule has 0 spiro atoms. The molecule has 400 valence electrons. The molecule has 0 radical (unpaired) electrons. The Morgan fingerprint density at radius 2 is 1.19 bits per heavy atom. The number of carbonyl (C=O) groups is 1. The first-order valence-corrected chi connectivity index (χ1v) is 29.0. The number of allylic oxidation sites excluding steroid dienone is 4. The van der Waals surface area contributed by atoms with Crippen molar-refractivity contribution < 1.29 is 50.5 Å². The molecule has 0 bridgehead atoms. The fourth-order valence-electron chi connectivity index (χ4n) is 13.6. The molecule has 6 nitrogen and oxygen atoms in total. The number of hydrogen-bond donors (Lipinski definition) is 2. The second-order valence-corrected chi connectivity index (χ2v) is 23.3. The smallest absolute Gasteiger partial charge is 0.684 e. The Balaban J connectivity index is 0.000000146. The summed E-state index contributed by atoms with van der Waals surface area (Å²) in [5.41, 5.74) is 19.2. The van der Waals surface area contributed by atoms with Crippen LogP contribution in [-0.4, -0.2) is 37.5 Å². The van der Waals surface area contributed by atoms with Gasteiger partial charge in [0.25, 0.3) is 0 Å². The first-order valence-electron chi connectivity index (χ1n) is 27.3. The van der Waals surface area contributed by atoms with Crippen LogP contribution in [0.4, 0.5) is 27.5 Å². The molecule has 1 saturated carbocycles. The Morgan fingerprint density at radius 1 is 0.588 bits per heavy atom. The van der Waals surface area contributed by atoms with E-state index in [4.69, 9.17) is 5.32 Å². The van der Waals surface area contributed by atoms with Gasteiger partial charge in [0, 0.05) is 85.1 Å². The van der Waals surface area contributed by atoms with Crippen molar-refractivity contribution >= 4 is 62.0 Å². The number of para-hydroxylation sites is 4. The summed E-state index contributed by atoms with van der Waals surface area (Å²) >= 11 is 4.09. The molecule has 16 rings (SSSR count). The fraction of sp³-hybridized carbons (Fsp3) is 0.257. The summed E-state index contributed by atoms with van der Waals surface area (Å²) in [6.07, 6.45) is 17.5. The van der Waals surface area contributed by atoms with Crippen LogP contribution < -0.4 is 39.5 Å². The van der Waals surface area contributed by atoms with Crippen LogP contribution in [0.25, 0.3) is 26.5 Å². The minimum atomic E-state index is -1.10. The van der Waals surface area contributed by atoms with E-state index in [9.17, 15) is 9.90 Å². The zero-order chi connectivity index (χ0) is 50.2. The van der Waals surface area contributed by atoms with E-state index in [0.29, 0.717) is 41.4 Å². The number of anilines is 3. The second-order valence-electron chi connectivity index (χ2n) is 21.0. The van der Waals surface area contributed by atoms with Crippen molar-refractivity contribution in [2.75, 3.05) is 41.7 Å². The molecule has 6 atom stereocenters. The third-order valence-electron chi connectivity index (χ3n) is 16.8. The summed E-state index contributed by atoms with van der Waals surface area (Å²) in [7, 11) is 0. The number of nitrogens with zero attached hydrogens (tertiary/aromatic N) is 2. The standard InChI is InChI=1S/C24H22NS.C24H19NS.C10H11NO2.C9H11N.3CH3.Li.Ti/c2*1-2-10-17-16(9-1)21-18-11-3-4-13-20(18)26-24(21)22(17)19-12-5-7-15-8-6-14-25-23(15)19;12-10(13)11-7-3-5-8-4-1-2-6-9(8)11;1-2-6-9-8(4-1)5-3-7-10-9;;;;;/h1-5,7,9-13,16-17,21-22,24H,6,8,14H2;1-5,7,9-13,22,25H,6,8,14H2;1-2,4,6H,3,5,7H2,(H,12,13);1-2,4,6,10H,3,5,7H2;3*1H3;;/q-1;;;;3*-1;+1;+4/p-1. The van der Waals surface area contributed by atoms with Crippen LogP contribution in [0.3, 0.4) is 0 Å². The van der Waals surface area contributed by atoms with E-state index in [1.54, 1.807) is 5.56 Å². The molecule has 5 aliphatic heterocycles. The van der Waals surface area contributed by atoms with E-state index >= 15 is 0 Å². The largest absolute Gasteiger partial charge is 4.00 e. The van der Waals surface area contributed by atoms with Crippen LogP contribution in [0.15, 0.2) is 187 Å². The zero-order valence-corrected chi connectivity index (χ0v) is 50.0. The number of thiophene rings is 1. The van der Waals surface area contributed by atoms with Crippen molar-refractivity contribution in [1.82, 2.24) is 0 Å². The van der Waals surface area contributed by atoms with Gasteiger partial charge in [-0.1, -0.05) is 175 Å². The Bertz CT molecular complexity index is 3480. The summed E-state index contributed by atoms with van der Waals surface area (Å²) in [6.45, 7) is 3.76.